The molecule has 0 saturated heterocycles. The third-order valence-corrected chi connectivity index (χ3v) is 3.96. The van der Waals surface area contributed by atoms with Crippen LogP contribution in [0.25, 0.3) is 0 Å². The summed E-state index contributed by atoms with van der Waals surface area (Å²) in [4.78, 5) is 0. The molecule has 1 N–H and O–H groups in total. The van der Waals surface area contributed by atoms with Crippen molar-refractivity contribution in [2.75, 3.05) is 12.4 Å². The normalized spacial score (nSPS) is 23.2. The van der Waals surface area contributed by atoms with E-state index in [0.29, 0.717) is 0 Å². The van der Waals surface area contributed by atoms with Crippen LogP contribution in [0, 0.1) is 24.2 Å². The number of hydrogen-bond donors (Lipinski definition) is 1. The lowest BCUT2D eigenvalue weighted by atomic mass is 9.95. The van der Waals surface area contributed by atoms with Gasteiger partial charge in [-0.3, -0.25) is 0 Å². The number of ether oxygens (including phenoxy) is 1. The molecule has 2 unspecified atom stereocenters. The summed E-state index contributed by atoms with van der Waals surface area (Å²) in [6.07, 6.45) is 5.74. The lowest BCUT2D eigenvalue weighted by molar-refractivity contribution is 0.414. The summed E-state index contributed by atoms with van der Waals surface area (Å²) in [6, 6.07) is 8.79. The number of anilines is 1. The van der Waals surface area contributed by atoms with Crippen LogP contribution in [-0.4, -0.2) is 13.2 Å². The lowest BCUT2D eigenvalue weighted by Crippen LogP contribution is -2.27. The first-order chi connectivity index (χ1) is 9.24. The Kier molecular flexibility index (Phi) is 4.68. The maximum Gasteiger partial charge on any atom is 0.119 e. The zero-order valence-electron chi connectivity index (χ0n) is 11.8. The van der Waals surface area contributed by atoms with Crippen LogP contribution in [-0.2, 0) is 0 Å². The molecule has 0 aromatic heterocycles. The minimum Gasteiger partial charge on any atom is -0.497 e. The van der Waals surface area contributed by atoms with E-state index in [2.05, 4.69) is 18.3 Å². The number of nitriles is 1. The molecule has 1 fully saturated rings. The quantitative estimate of drug-likeness (QED) is 0.837. The number of nitrogens with one attached hydrogen (secondary N) is 1. The van der Waals surface area contributed by atoms with Crippen LogP contribution in [0.3, 0.4) is 0 Å². The number of aryl methyl sites for hydroxylation is 1. The SMILES string of the molecule is COc1ccc(NC2CCCCCC2C#N)c(C)c1. The average molecular weight is 258 g/mol. The van der Waals surface area contributed by atoms with Crippen molar-refractivity contribution in [2.45, 2.75) is 45.1 Å². The molecular weight excluding hydrogens is 236 g/mol. The van der Waals surface area contributed by atoms with E-state index < -0.39 is 0 Å². The van der Waals surface area contributed by atoms with E-state index in [1.54, 1.807) is 7.11 Å². The Labute approximate surface area is 115 Å². The zero-order chi connectivity index (χ0) is 13.7. The van der Waals surface area contributed by atoms with Gasteiger partial charge in [-0.15, -0.1) is 0 Å². The zero-order valence-corrected chi connectivity index (χ0v) is 11.8. The van der Waals surface area contributed by atoms with Gasteiger partial charge < -0.3 is 10.1 Å². The highest BCUT2D eigenvalue weighted by atomic mass is 16.5. The van der Waals surface area contributed by atoms with Crippen LogP contribution < -0.4 is 10.1 Å². The van der Waals surface area contributed by atoms with E-state index in [1.165, 1.54) is 24.8 Å². The van der Waals surface area contributed by atoms with Gasteiger partial charge in [-0.05, 0) is 43.5 Å². The van der Waals surface area contributed by atoms with Crippen molar-refractivity contribution in [3.63, 3.8) is 0 Å². The molecule has 0 aliphatic heterocycles. The molecule has 1 aromatic carbocycles. The topological polar surface area (TPSA) is 45.0 Å². The molecule has 1 aliphatic carbocycles. The molecule has 0 bridgehead atoms. The number of nitrogens with zero attached hydrogens (tertiary/aromatic N) is 1. The third kappa shape index (κ3) is 3.41. The molecule has 2 rings (SSSR count). The summed E-state index contributed by atoms with van der Waals surface area (Å²) in [7, 11) is 1.68. The lowest BCUT2D eigenvalue weighted by Gasteiger charge is -2.23. The maximum absolute atomic E-state index is 9.31. The van der Waals surface area contributed by atoms with Crippen LogP contribution in [0.2, 0.25) is 0 Å². The van der Waals surface area contributed by atoms with Gasteiger partial charge >= 0.3 is 0 Å². The average Bonchev–Trinajstić information content (AvgIpc) is 2.66. The molecule has 0 amide bonds. The molecule has 0 spiro atoms. The number of hydrogen-bond acceptors (Lipinski definition) is 3. The number of benzene rings is 1. The van der Waals surface area contributed by atoms with Crippen molar-refractivity contribution in [2.24, 2.45) is 5.92 Å². The smallest absolute Gasteiger partial charge is 0.119 e. The van der Waals surface area contributed by atoms with Gasteiger partial charge in [-0.2, -0.15) is 5.26 Å². The van der Waals surface area contributed by atoms with Gasteiger partial charge in [0.1, 0.15) is 5.75 Å². The fourth-order valence-corrected chi connectivity index (χ4v) is 2.76. The van der Waals surface area contributed by atoms with Crippen molar-refractivity contribution in [1.29, 1.82) is 5.26 Å². The Morgan fingerprint density at radius 2 is 2.05 bits per heavy atom. The summed E-state index contributed by atoms with van der Waals surface area (Å²) >= 11 is 0. The predicted molar refractivity (Wildman–Crippen MR) is 77.3 cm³/mol. The molecule has 0 heterocycles. The highest BCUT2D eigenvalue weighted by molar-refractivity contribution is 5.54. The first-order valence-corrected chi connectivity index (χ1v) is 7.05. The Morgan fingerprint density at radius 1 is 1.26 bits per heavy atom. The Morgan fingerprint density at radius 3 is 2.74 bits per heavy atom. The second kappa shape index (κ2) is 6.47. The van der Waals surface area contributed by atoms with E-state index in [9.17, 15) is 5.26 Å². The van der Waals surface area contributed by atoms with Crippen molar-refractivity contribution < 1.29 is 4.74 Å². The highest BCUT2D eigenvalue weighted by Crippen LogP contribution is 2.28. The van der Waals surface area contributed by atoms with Crippen LogP contribution in [0.4, 0.5) is 5.69 Å². The van der Waals surface area contributed by atoms with Crippen LogP contribution in [0.5, 0.6) is 5.75 Å². The minimum absolute atomic E-state index is 0.129. The largest absolute Gasteiger partial charge is 0.497 e. The standard InChI is InChI=1S/C16H22N2O/c1-12-10-14(19-2)8-9-15(12)18-16-7-5-3-4-6-13(16)11-17/h8-10,13,16,18H,3-7H2,1-2H3. The van der Waals surface area contributed by atoms with Crippen LogP contribution >= 0.6 is 0 Å². The first-order valence-electron chi connectivity index (χ1n) is 7.05. The summed E-state index contributed by atoms with van der Waals surface area (Å²) in [5.41, 5.74) is 2.29. The Balaban J connectivity index is 2.12. The minimum atomic E-state index is 0.129. The van der Waals surface area contributed by atoms with E-state index in [-0.39, 0.29) is 12.0 Å². The number of rotatable bonds is 3. The van der Waals surface area contributed by atoms with E-state index in [4.69, 9.17) is 4.74 Å². The maximum atomic E-state index is 9.31. The van der Waals surface area contributed by atoms with Crippen molar-refractivity contribution in [1.82, 2.24) is 0 Å². The van der Waals surface area contributed by atoms with E-state index in [0.717, 1.165) is 24.3 Å². The van der Waals surface area contributed by atoms with Gasteiger partial charge in [0.05, 0.1) is 19.1 Å². The molecule has 1 saturated carbocycles. The van der Waals surface area contributed by atoms with Gasteiger partial charge in [0.15, 0.2) is 0 Å². The summed E-state index contributed by atoms with van der Waals surface area (Å²) in [6.45, 7) is 2.07. The van der Waals surface area contributed by atoms with Crippen LogP contribution in [0.15, 0.2) is 18.2 Å². The van der Waals surface area contributed by atoms with Gasteiger partial charge in [-0.25, -0.2) is 0 Å². The summed E-state index contributed by atoms with van der Waals surface area (Å²) < 4.78 is 5.22. The fraction of sp³-hybridized carbons (Fsp3) is 0.562. The van der Waals surface area contributed by atoms with Gasteiger partial charge in [0.2, 0.25) is 0 Å². The molecule has 0 radical (unpaired) electrons. The van der Waals surface area contributed by atoms with Gasteiger partial charge in [0.25, 0.3) is 0 Å². The summed E-state index contributed by atoms with van der Waals surface area (Å²) in [5.74, 6) is 1.00. The highest BCUT2D eigenvalue weighted by Gasteiger charge is 2.23. The van der Waals surface area contributed by atoms with E-state index in [1.807, 2.05) is 18.2 Å². The van der Waals surface area contributed by atoms with Crippen molar-refractivity contribution in [3.8, 4) is 11.8 Å². The Bertz CT molecular complexity index is 464. The fourth-order valence-electron chi connectivity index (χ4n) is 2.76. The molecule has 19 heavy (non-hydrogen) atoms. The predicted octanol–water partition coefficient (Wildman–Crippen LogP) is 3.89. The second-order valence-corrected chi connectivity index (χ2v) is 5.31. The third-order valence-electron chi connectivity index (χ3n) is 3.96. The molecule has 1 aliphatic rings. The summed E-state index contributed by atoms with van der Waals surface area (Å²) in [5, 5.41) is 12.9. The van der Waals surface area contributed by atoms with Crippen molar-refractivity contribution >= 4 is 5.69 Å². The molecule has 1 aromatic rings. The first kappa shape index (κ1) is 13.7. The van der Waals surface area contributed by atoms with Crippen LogP contribution in [0.1, 0.15) is 37.7 Å². The van der Waals surface area contributed by atoms with Crippen molar-refractivity contribution in [3.05, 3.63) is 23.8 Å². The molecular formula is C16H22N2O. The second-order valence-electron chi connectivity index (χ2n) is 5.31. The Hall–Kier alpha value is -1.69. The van der Waals surface area contributed by atoms with Gasteiger partial charge in [0, 0.05) is 11.7 Å². The molecule has 102 valence electrons. The monoisotopic (exact) mass is 258 g/mol. The van der Waals surface area contributed by atoms with Gasteiger partial charge in [-0.1, -0.05) is 19.3 Å². The molecule has 2 atom stereocenters. The number of methoxy groups -OCH3 is 1. The molecule has 3 heteroatoms. The molecule has 3 nitrogen and oxygen atoms in total. The van der Waals surface area contributed by atoms with E-state index >= 15 is 0 Å².